The molecule has 2 aromatic rings. The van der Waals surface area contributed by atoms with Gasteiger partial charge in [-0.1, -0.05) is 12.1 Å². The van der Waals surface area contributed by atoms with Gasteiger partial charge in [0.15, 0.2) is 0 Å². The van der Waals surface area contributed by atoms with Crippen LogP contribution in [0.3, 0.4) is 0 Å². The molecule has 0 N–H and O–H groups in total. The van der Waals surface area contributed by atoms with E-state index in [1.807, 2.05) is 0 Å². The Morgan fingerprint density at radius 1 is 1.14 bits per heavy atom. The summed E-state index contributed by atoms with van der Waals surface area (Å²) < 4.78 is 70.9. The van der Waals surface area contributed by atoms with Gasteiger partial charge in [-0.3, -0.25) is 0 Å². The lowest BCUT2D eigenvalue weighted by molar-refractivity contribution is -0.138. The highest BCUT2D eigenvalue weighted by atomic mass is 32.2. The molecule has 11 heteroatoms. The molecule has 0 saturated carbocycles. The Morgan fingerprint density at radius 2 is 1.83 bits per heavy atom. The van der Waals surface area contributed by atoms with Gasteiger partial charge in [0.05, 0.1) is 18.7 Å². The first-order valence-corrected chi connectivity index (χ1v) is 10.4. The number of halogens is 3. The Kier molecular flexibility index (Phi) is 4.89. The Morgan fingerprint density at radius 3 is 2.48 bits per heavy atom. The van der Waals surface area contributed by atoms with Crippen LogP contribution >= 0.6 is 0 Å². The third-order valence-electron chi connectivity index (χ3n) is 5.43. The van der Waals surface area contributed by atoms with Crippen LogP contribution in [0.15, 0.2) is 41.6 Å². The molecule has 0 bridgehead atoms. The van der Waals surface area contributed by atoms with Gasteiger partial charge < -0.3 is 9.64 Å². The third-order valence-corrected chi connectivity index (χ3v) is 7.33. The summed E-state index contributed by atoms with van der Waals surface area (Å²) in [6, 6.07) is 6.24. The molecule has 2 saturated heterocycles. The first-order valence-electron chi connectivity index (χ1n) is 9.01. The first kappa shape index (κ1) is 19.9. The van der Waals surface area contributed by atoms with Gasteiger partial charge in [0.25, 0.3) is 0 Å². The molecule has 156 valence electrons. The van der Waals surface area contributed by atoms with Crippen LogP contribution in [-0.2, 0) is 16.2 Å². The molecule has 4 rings (SSSR count). The topological polar surface area (TPSA) is 75.6 Å². The number of rotatable bonds is 4. The van der Waals surface area contributed by atoms with E-state index < -0.39 is 21.8 Å². The summed E-state index contributed by atoms with van der Waals surface area (Å²) in [7, 11) is -2.35. The zero-order valence-corrected chi connectivity index (χ0v) is 16.3. The summed E-state index contributed by atoms with van der Waals surface area (Å²) in [6.45, 7) is 1.19. The van der Waals surface area contributed by atoms with Crippen molar-refractivity contribution in [2.75, 3.05) is 31.6 Å². The number of sulfonamides is 1. The van der Waals surface area contributed by atoms with Gasteiger partial charge in [-0.15, -0.1) is 0 Å². The number of hydrogen-bond donors (Lipinski definition) is 0. The van der Waals surface area contributed by atoms with Crippen LogP contribution in [0, 0.1) is 5.92 Å². The number of methoxy groups -OCH3 is 1. The Labute approximate surface area is 166 Å². The summed E-state index contributed by atoms with van der Waals surface area (Å²) in [4.78, 5) is 9.53. The monoisotopic (exact) mass is 428 g/mol. The average Bonchev–Trinajstić information content (AvgIpc) is 2.68. The molecule has 0 aliphatic carbocycles. The molecule has 2 fully saturated rings. The quantitative estimate of drug-likeness (QED) is 0.745. The minimum absolute atomic E-state index is 0.0950. The number of hydrogen-bond acceptors (Lipinski definition) is 6. The molecule has 2 aliphatic rings. The minimum Gasteiger partial charge on any atom is -0.495 e. The minimum atomic E-state index is -4.50. The van der Waals surface area contributed by atoms with E-state index in [0.29, 0.717) is 19.5 Å². The van der Waals surface area contributed by atoms with E-state index in [2.05, 4.69) is 9.97 Å². The number of nitrogens with zero attached hydrogens (tertiary/aromatic N) is 4. The second kappa shape index (κ2) is 7.13. The van der Waals surface area contributed by atoms with Crippen molar-refractivity contribution >= 4 is 16.0 Å². The number of piperidine rings is 1. The second-order valence-corrected chi connectivity index (χ2v) is 8.96. The highest BCUT2D eigenvalue weighted by Gasteiger charge is 2.47. The molecule has 3 heterocycles. The van der Waals surface area contributed by atoms with E-state index in [0.717, 1.165) is 12.4 Å². The van der Waals surface area contributed by atoms with Gasteiger partial charge in [-0.05, 0) is 24.5 Å². The van der Waals surface area contributed by atoms with Crippen molar-refractivity contribution in [2.45, 2.75) is 23.5 Å². The molecule has 7 nitrogen and oxygen atoms in total. The predicted molar refractivity (Wildman–Crippen MR) is 98.0 cm³/mol. The molecule has 2 aliphatic heterocycles. The van der Waals surface area contributed by atoms with Crippen molar-refractivity contribution in [3.63, 3.8) is 0 Å². The number of benzene rings is 1. The first-order chi connectivity index (χ1) is 13.7. The maximum absolute atomic E-state index is 13.1. The zero-order chi connectivity index (χ0) is 20.8. The third kappa shape index (κ3) is 3.52. The van der Waals surface area contributed by atoms with Gasteiger partial charge in [0.1, 0.15) is 10.6 Å². The van der Waals surface area contributed by atoms with Crippen LogP contribution in [0.4, 0.5) is 19.1 Å². The van der Waals surface area contributed by atoms with Crippen molar-refractivity contribution in [3.8, 4) is 5.75 Å². The van der Waals surface area contributed by atoms with Crippen LogP contribution in [0.25, 0.3) is 0 Å². The largest absolute Gasteiger partial charge is 0.495 e. The number of aromatic nitrogens is 2. The van der Waals surface area contributed by atoms with Gasteiger partial charge in [-0.25, -0.2) is 18.4 Å². The lowest BCUT2D eigenvalue weighted by Gasteiger charge is -2.52. The number of fused-ring (bicyclic) bond motifs is 1. The van der Waals surface area contributed by atoms with Crippen molar-refractivity contribution in [2.24, 2.45) is 5.92 Å². The fourth-order valence-electron chi connectivity index (χ4n) is 3.80. The van der Waals surface area contributed by atoms with Crippen LogP contribution in [0.5, 0.6) is 5.75 Å². The van der Waals surface area contributed by atoms with Crippen LogP contribution in [0.2, 0.25) is 0 Å². The van der Waals surface area contributed by atoms with Gasteiger partial charge in [0.2, 0.25) is 16.0 Å². The van der Waals surface area contributed by atoms with E-state index >= 15 is 0 Å². The number of anilines is 1. The van der Waals surface area contributed by atoms with Gasteiger partial charge in [0, 0.05) is 32.0 Å². The van der Waals surface area contributed by atoms with E-state index in [9.17, 15) is 21.6 Å². The predicted octanol–water partition coefficient (Wildman–Crippen LogP) is 2.40. The highest BCUT2D eigenvalue weighted by molar-refractivity contribution is 7.89. The molecular weight excluding hydrogens is 409 g/mol. The van der Waals surface area contributed by atoms with Crippen molar-refractivity contribution in [1.82, 2.24) is 14.3 Å². The summed E-state index contributed by atoms with van der Waals surface area (Å²) in [6.07, 6.45) is -2.33. The molecule has 2 unspecified atom stereocenters. The zero-order valence-electron chi connectivity index (χ0n) is 15.5. The van der Waals surface area contributed by atoms with Crippen LogP contribution < -0.4 is 9.64 Å². The second-order valence-electron chi connectivity index (χ2n) is 7.05. The van der Waals surface area contributed by atoms with Crippen molar-refractivity contribution < 1.29 is 26.3 Å². The average molecular weight is 428 g/mol. The Balaban J connectivity index is 1.54. The number of ether oxygens (including phenoxy) is 1. The molecule has 2 atom stereocenters. The maximum Gasteiger partial charge on any atom is 0.419 e. The van der Waals surface area contributed by atoms with E-state index in [4.69, 9.17) is 4.74 Å². The van der Waals surface area contributed by atoms with Crippen molar-refractivity contribution in [1.29, 1.82) is 0 Å². The van der Waals surface area contributed by atoms with Crippen LogP contribution in [0.1, 0.15) is 12.0 Å². The molecule has 0 amide bonds. The summed E-state index contributed by atoms with van der Waals surface area (Å²) >= 11 is 0. The summed E-state index contributed by atoms with van der Waals surface area (Å²) in [5, 5.41) is 0. The summed E-state index contributed by atoms with van der Waals surface area (Å²) in [5.74, 6) is 0.701. The van der Waals surface area contributed by atoms with Crippen molar-refractivity contribution in [3.05, 3.63) is 42.2 Å². The Bertz CT molecular complexity index is 998. The van der Waals surface area contributed by atoms with Gasteiger partial charge in [-0.2, -0.15) is 17.5 Å². The molecular formula is C18H19F3N4O3S. The molecule has 1 aromatic carbocycles. The maximum atomic E-state index is 13.1. The lowest BCUT2D eigenvalue weighted by atomic mass is 9.83. The Hall–Kier alpha value is -2.40. The highest BCUT2D eigenvalue weighted by Crippen LogP contribution is 2.38. The molecule has 1 aromatic heterocycles. The lowest BCUT2D eigenvalue weighted by Crippen LogP contribution is -2.65. The normalized spacial score (nSPS) is 22.7. The van der Waals surface area contributed by atoms with E-state index in [-0.39, 0.29) is 35.1 Å². The number of para-hydroxylation sites is 1. The fraction of sp³-hybridized carbons (Fsp3) is 0.444. The van der Waals surface area contributed by atoms with E-state index in [1.54, 1.807) is 23.1 Å². The molecule has 29 heavy (non-hydrogen) atoms. The number of alkyl halides is 3. The van der Waals surface area contributed by atoms with Gasteiger partial charge >= 0.3 is 6.18 Å². The molecule has 0 radical (unpaired) electrons. The van der Waals surface area contributed by atoms with E-state index in [1.165, 1.54) is 17.5 Å². The van der Waals surface area contributed by atoms with Crippen LogP contribution in [-0.4, -0.2) is 55.5 Å². The fourth-order valence-corrected chi connectivity index (χ4v) is 5.43. The molecule has 0 spiro atoms. The standard InChI is InChI=1S/C18H19F3N4O3S/c1-28-15-4-2-3-5-16(15)29(26,27)24-7-6-12-10-25(14(12)11-24)17-22-8-13(9-23-17)18(19,20)21/h2-5,8-9,12,14H,6-7,10-11H2,1H3. The SMILES string of the molecule is COc1ccccc1S(=O)(=O)N1CCC2CN(c3ncc(C(F)(F)F)cn3)C2C1. The smallest absolute Gasteiger partial charge is 0.419 e. The summed E-state index contributed by atoms with van der Waals surface area (Å²) in [5.41, 5.74) is -0.914.